The number of ether oxygens (including phenoxy) is 1. The number of piperidine rings is 1. The Labute approximate surface area is 112 Å². The summed E-state index contributed by atoms with van der Waals surface area (Å²) in [4.78, 5) is 0. The third kappa shape index (κ3) is 2.50. The van der Waals surface area contributed by atoms with E-state index in [4.69, 9.17) is 4.74 Å². The van der Waals surface area contributed by atoms with E-state index in [2.05, 4.69) is 41.2 Å². The van der Waals surface area contributed by atoms with Gasteiger partial charge >= 0.3 is 0 Å². The molecule has 0 bridgehead atoms. The van der Waals surface area contributed by atoms with Crippen LogP contribution >= 0.6 is 15.9 Å². The minimum Gasteiger partial charge on any atom is -0.495 e. The van der Waals surface area contributed by atoms with Gasteiger partial charge in [0.15, 0.2) is 0 Å². The zero-order valence-electron chi connectivity index (χ0n) is 10.8. The second-order valence-electron chi connectivity index (χ2n) is 4.78. The summed E-state index contributed by atoms with van der Waals surface area (Å²) >= 11 is 3.67. The van der Waals surface area contributed by atoms with Crippen molar-refractivity contribution in [3.63, 3.8) is 0 Å². The Morgan fingerprint density at radius 2 is 1.94 bits per heavy atom. The van der Waals surface area contributed by atoms with Crippen molar-refractivity contribution >= 4 is 15.9 Å². The number of benzene rings is 1. The zero-order chi connectivity index (χ0) is 12.4. The maximum atomic E-state index is 5.60. The first-order valence-electron chi connectivity index (χ1n) is 6.19. The highest BCUT2D eigenvalue weighted by atomic mass is 79.9. The van der Waals surface area contributed by atoms with Crippen molar-refractivity contribution in [2.75, 3.05) is 20.2 Å². The highest BCUT2D eigenvalue weighted by Crippen LogP contribution is 2.40. The first-order chi connectivity index (χ1) is 8.15. The number of hydrogen-bond donors (Lipinski definition) is 1. The lowest BCUT2D eigenvalue weighted by Gasteiger charge is -2.26. The van der Waals surface area contributed by atoms with Gasteiger partial charge in [-0.3, -0.25) is 0 Å². The lowest BCUT2D eigenvalue weighted by Crippen LogP contribution is -2.27. The van der Waals surface area contributed by atoms with Crippen LogP contribution in [-0.2, 0) is 0 Å². The van der Waals surface area contributed by atoms with Crippen LogP contribution in [0.5, 0.6) is 5.75 Å². The molecule has 2 nitrogen and oxygen atoms in total. The second-order valence-corrected chi connectivity index (χ2v) is 5.57. The summed E-state index contributed by atoms with van der Waals surface area (Å²) in [5.74, 6) is 1.65. The minimum absolute atomic E-state index is 0.627. The van der Waals surface area contributed by atoms with Gasteiger partial charge in [0.2, 0.25) is 0 Å². The first kappa shape index (κ1) is 12.9. The van der Waals surface area contributed by atoms with Gasteiger partial charge in [-0.05, 0) is 78.3 Å². The molecular weight excluding hydrogens is 278 g/mol. The van der Waals surface area contributed by atoms with Crippen LogP contribution in [0.25, 0.3) is 0 Å². The van der Waals surface area contributed by atoms with E-state index < -0.39 is 0 Å². The van der Waals surface area contributed by atoms with Crippen LogP contribution < -0.4 is 10.1 Å². The number of halogens is 1. The van der Waals surface area contributed by atoms with Crippen molar-refractivity contribution in [1.29, 1.82) is 0 Å². The smallest absolute Gasteiger partial charge is 0.136 e. The van der Waals surface area contributed by atoms with Crippen LogP contribution in [0.2, 0.25) is 0 Å². The number of aryl methyl sites for hydroxylation is 1. The molecule has 0 amide bonds. The van der Waals surface area contributed by atoms with E-state index >= 15 is 0 Å². The molecule has 1 N–H and O–H groups in total. The van der Waals surface area contributed by atoms with Gasteiger partial charge in [0.25, 0.3) is 0 Å². The van der Waals surface area contributed by atoms with E-state index in [0.29, 0.717) is 5.92 Å². The summed E-state index contributed by atoms with van der Waals surface area (Å²) in [6, 6.07) is 2.30. The maximum Gasteiger partial charge on any atom is 0.136 e. The topological polar surface area (TPSA) is 21.3 Å². The molecule has 0 unspecified atom stereocenters. The van der Waals surface area contributed by atoms with Gasteiger partial charge in [-0.2, -0.15) is 0 Å². The predicted octanol–water partition coefficient (Wildman–Crippen LogP) is 3.54. The standard InChI is InChI=1S/C14H20BrNO/c1-9-8-12(11-4-6-16-7-5-11)14(17-3)13(15)10(9)2/h8,11,16H,4-7H2,1-3H3. The predicted molar refractivity (Wildman–Crippen MR) is 75.0 cm³/mol. The van der Waals surface area contributed by atoms with Gasteiger partial charge in [-0.25, -0.2) is 0 Å². The van der Waals surface area contributed by atoms with Crippen LogP contribution in [0.15, 0.2) is 10.5 Å². The van der Waals surface area contributed by atoms with E-state index in [-0.39, 0.29) is 0 Å². The molecule has 17 heavy (non-hydrogen) atoms. The maximum absolute atomic E-state index is 5.60. The zero-order valence-corrected chi connectivity index (χ0v) is 12.4. The van der Waals surface area contributed by atoms with Crippen molar-refractivity contribution < 1.29 is 4.74 Å². The van der Waals surface area contributed by atoms with Crippen molar-refractivity contribution in [2.24, 2.45) is 0 Å². The van der Waals surface area contributed by atoms with Crippen molar-refractivity contribution in [3.05, 3.63) is 27.2 Å². The van der Waals surface area contributed by atoms with E-state index in [0.717, 1.165) is 23.3 Å². The van der Waals surface area contributed by atoms with Gasteiger partial charge in [0.1, 0.15) is 5.75 Å². The van der Waals surface area contributed by atoms with Crippen LogP contribution in [0.3, 0.4) is 0 Å². The summed E-state index contributed by atoms with van der Waals surface area (Å²) in [5, 5.41) is 3.41. The van der Waals surface area contributed by atoms with E-state index in [1.807, 2.05) is 0 Å². The molecule has 1 aliphatic rings. The van der Waals surface area contributed by atoms with Crippen LogP contribution in [-0.4, -0.2) is 20.2 Å². The minimum atomic E-state index is 0.627. The molecule has 0 aliphatic carbocycles. The molecule has 0 radical (unpaired) electrons. The molecule has 1 aromatic rings. The van der Waals surface area contributed by atoms with Crippen molar-refractivity contribution in [3.8, 4) is 5.75 Å². The third-order valence-corrected chi connectivity index (χ3v) is 4.69. The number of rotatable bonds is 2. The lowest BCUT2D eigenvalue weighted by molar-refractivity contribution is 0.389. The Kier molecular flexibility index (Phi) is 4.10. The number of methoxy groups -OCH3 is 1. The van der Waals surface area contributed by atoms with Crippen LogP contribution in [0.4, 0.5) is 0 Å². The van der Waals surface area contributed by atoms with Crippen LogP contribution in [0.1, 0.15) is 35.4 Å². The molecular formula is C14H20BrNO. The van der Waals surface area contributed by atoms with Gasteiger partial charge in [0.05, 0.1) is 11.6 Å². The highest BCUT2D eigenvalue weighted by molar-refractivity contribution is 9.10. The molecule has 3 heteroatoms. The summed E-state index contributed by atoms with van der Waals surface area (Å²) < 4.78 is 6.72. The molecule has 1 heterocycles. The molecule has 0 spiro atoms. The fourth-order valence-electron chi connectivity index (χ4n) is 2.52. The number of nitrogens with one attached hydrogen (secondary N) is 1. The largest absolute Gasteiger partial charge is 0.495 e. The molecule has 94 valence electrons. The van der Waals surface area contributed by atoms with Gasteiger partial charge in [-0.15, -0.1) is 0 Å². The molecule has 0 atom stereocenters. The quantitative estimate of drug-likeness (QED) is 0.901. The second kappa shape index (κ2) is 5.40. The lowest BCUT2D eigenvalue weighted by atomic mass is 9.88. The SMILES string of the molecule is COc1c(C2CCNCC2)cc(C)c(C)c1Br. The summed E-state index contributed by atoms with van der Waals surface area (Å²) in [6.07, 6.45) is 2.40. The van der Waals surface area contributed by atoms with Crippen LogP contribution in [0, 0.1) is 13.8 Å². The molecule has 1 aliphatic heterocycles. The molecule has 0 saturated carbocycles. The third-order valence-electron chi connectivity index (χ3n) is 3.74. The fourth-order valence-corrected chi connectivity index (χ4v) is 3.22. The summed E-state index contributed by atoms with van der Waals surface area (Å²) in [7, 11) is 1.76. The van der Waals surface area contributed by atoms with Gasteiger partial charge < -0.3 is 10.1 Å². The van der Waals surface area contributed by atoms with E-state index in [9.17, 15) is 0 Å². The monoisotopic (exact) mass is 297 g/mol. The Balaban J connectivity index is 2.44. The highest BCUT2D eigenvalue weighted by Gasteiger charge is 2.22. The Bertz CT molecular complexity index is 411. The molecule has 2 rings (SSSR count). The number of hydrogen-bond acceptors (Lipinski definition) is 2. The average molecular weight is 298 g/mol. The molecule has 1 aromatic carbocycles. The fraction of sp³-hybridized carbons (Fsp3) is 0.571. The van der Waals surface area contributed by atoms with Crippen molar-refractivity contribution in [2.45, 2.75) is 32.6 Å². The Morgan fingerprint density at radius 1 is 1.29 bits per heavy atom. The molecule has 1 fully saturated rings. The van der Waals surface area contributed by atoms with E-state index in [1.165, 1.54) is 29.5 Å². The Hall–Kier alpha value is -0.540. The summed E-state index contributed by atoms with van der Waals surface area (Å²) in [6.45, 7) is 6.52. The average Bonchev–Trinajstić information content (AvgIpc) is 2.36. The Morgan fingerprint density at radius 3 is 2.53 bits per heavy atom. The van der Waals surface area contributed by atoms with E-state index in [1.54, 1.807) is 7.11 Å². The summed E-state index contributed by atoms with van der Waals surface area (Å²) in [5.41, 5.74) is 3.98. The van der Waals surface area contributed by atoms with Crippen molar-refractivity contribution in [1.82, 2.24) is 5.32 Å². The first-order valence-corrected chi connectivity index (χ1v) is 6.98. The molecule has 0 aromatic heterocycles. The molecule has 1 saturated heterocycles. The van der Waals surface area contributed by atoms with Gasteiger partial charge in [0, 0.05) is 0 Å². The normalized spacial score (nSPS) is 17.2. The van der Waals surface area contributed by atoms with Gasteiger partial charge in [-0.1, -0.05) is 6.07 Å².